The Labute approximate surface area is 91.6 Å². The van der Waals surface area contributed by atoms with Crippen LogP contribution in [0.4, 0.5) is 0 Å². The largest absolute Gasteiger partial charge is 0.478 e. The highest BCUT2D eigenvalue weighted by molar-refractivity contribution is 9.10. The fourth-order valence-electron chi connectivity index (χ4n) is 0.583. The molecule has 0 spiro atoms. The molecule has 0 saturated carbocycles. The molecule has 0 saturated heterocycles. The van der Waals surface area contributed by atoms with Gasteiger partial charge in [0.15, 0.2) is 5.34 Å². The zero-order valence-corrected chi connectivity index (χ0v) is 8.86. The molecule has 0 fully saturated rings. The van der Waals surface area contributed by atoms with Crippen LogP contribution in [-0.4, -0.2) is 21.3 Å². The molecule has 0 aliphatic heterocycles. The molecule has 76 valence electrons. The fourth-order valence-corrected chi connectivity index (χ4v) is 1.15. The second kappa shape index (κ2) is 6.28. The van der Waals surface area contributed by atoms with E-state index in [9.17, 15) is 4.79 Å². The van der Waals surface area contributed by atoms with E-state index in [1.165, 1.54) is 17.6 Å². The molecule has 6 nitrogen and oxygen atoms in total. The monoisotopic (exact) mass is 282 g/mol. The van der Waals surface area contributed by atoms with Crippen LogP contribution in [0.1, 0.15) is 10.4 Å². The molecule has 8 heteroatoms. The number of carboxylic acids is 1. The highest BCUT2D eigenvalue weighted by atomic mass is 79.9. The number of rotatable bonds is 1. The summed E-state index contributed by atoms with van der Waals surface area (Å²) in [6.45, 7) is 0. The van der Waals surface area contributed by atoms with Crippen molar-refractivity contribution >= 4 is 33.5 Å². The highest BCUT2D eigenvalue weighted by Gasteiger charge is 2.10. The van der Waals surface area contributed by atoms with E-state index < -0.39 is 5.97 Å². The SMILES string of the molecule is O=C(O)c1ccnc(Cl)c1Br.O=NO. The van der Waals surface area contributed by atoms with Gasteiger partial charge in [0.2, 0.25) is 0 Å². The maximum atomic E-state index is 10.5. The van der Waals surface area contributed by atoms with Gasteiger partial charge < -0.3 is 10.3 Å². The van der Waals surface area contributed by atoms with Crippen molar-refractivity contribution in [2.24, 2.45) is 5.34 Å². The van der Waals surface area contributed by atoms with E-state index in [0.717, 1.165) is 0 Å². The minimum Gasteiger partial charge on any atom is -0.478 e. The average Bonchev–Trinajstić information content (AvgIpc) is 2.10. The maximum absolute atomic E-state index is 10.5. The molecule has 14 heavy (non-hydrogen) atoms. The Morgan fingerprint density at radius 1 is 1.64 bits per heavy atom. The molecule has 2 N–H and O–H groups in total. The summed E-state index contributed by atoms with van der Waals surface area (Å²) in [5, 5.41) is 16.6. The number of carbonyl (C=O) groups is 1. The second-order valence-corrected chi connectivity index (χ2v) is 3.00. The van der Waals surface area contributed by atoms with Crippen molar-refractivity contribution in [1.29, 1.82) is 0 Å². The second-order valence-electron chi connectivity index (χ2n) is 1.85. The van der Waals surface area contributed by atoms with Crippen LogP contribution in [0, 0.1) is 4.91 Å². The molecule has 0 atom stereocenters. The molecular weight excluding hydrogens is 279 g/mol. The third kappa shape index (κ3) is 3.67. The van der Waals surface area contributed by atoms with E-state index in [0.29, 0.717) is 4.47 Å². The Morgan fingerprint density at radius 3 is 2.50 bits per heavy atom. The maximum Gasteiger partial charge on any atom is 0.337 e. The van der Waals surface area contributed by atoms with Gasteiger partial charge in [0.25, 0.3) is 0 Å². The molecule has 0 aliphatic rings. The third-order valence-electron chi connectivity index (χ3n) is 1.08. The predicted octanol–water partition coefficient (Wildman–Crippen LogP) is 2.34. The number of hydrogen-bond acceptors (Lipinski definition) is 4. The number of hydrogen-bond donors (Lipinski definition) is 2. The standard InChI is InChI=1S/C6H3BrClNO2.HNO2/c7-4-3(6(10)11)1-2-9-5(4)8;2-1-3/h1-2H,(H,10,11);(H,2,3). The predicted molar refractivity (Wildman–Crippen MR) is 51.5 cm³/mol. The lowest BCUT2D eigenvalue weighted by Gasteiger charge is -1.97. The van der Waals surface area contributed by atoms with E-state index in [4.69, 9.17) is 26.8 Å². The molecular formula is C6H4BrClN2O4. The fraction of sp³-hybridized carbons (Fsp3) is 0. The zero-order valence-electron chi connectivity index (χ0n) is 6.52. The first-order chi connectivity index (χ1) is 6.54. The normalized spacial score (nSPS) is 8.43. The van der Waals surface area contributed by atoms with Crippen LogP contribution in [-0.2, 0) is 0 Å². The lowest BCUT2D eigenvalue weighted by atomic mass is 10.3. The van der Waals surface area contributed by atoms with Gasteiger partial charge in [-0.1, -0.05) is 11.6 Å². The topological polar surface area (TPSA) is 99.8 Å². The number of halogens is 2. The van der Waals surface area contributed by atoms with E-state index in [1.54, 1.807) is 0 Å². The van der Waals surface area contributed by atoms with Crippen molar-refractivity contribution in [3.63, 3.8) is 0 Å². The summed E-state index contributed by atoms with van der Waals surface area (Å²) in [6, 6.07) is 1.37. The van der Waals surface area contributed by atoms with Crippen molar-refractivity contribution in [2.75, 3.05) is 0 Å². The van der Waals surface area contributed by atoms with Crippen LogP contribution in [0.3, 0.4) is 0 Å². The molecule has 0 bridgehead atoms. The van der Waals surface area contributed by atoms with Gasteiger partial charge in [-0.2, -0.15) is 0 Å². The smallest absolute Gasteiger partial charge is 0.337 e. The van der Waals surface area contributed by atoms with Gasteiger partial charge in [0.1, 0.15) is 5.15 Å². The number of aromatic nitrogens is 1. The van der Waals surface area contributed by atoms with E-state index in [1.807, 2.05) is 0 Å². The minimum absolute atomic E-state index is 0.116. The summed E-state index contributed by atoms with van der Waals surface area (Å²) in [6.07, 6.45) is 1.34. The van der Waals surface area contributed by atoms with Gasteiger partial charge >= 0.3 is 5.97 Å². The van der Waals surface area contributed by atoms with Crippen LogP contribution < -0.4 is 0 Å². The Balaban J connectivity index is 0.000000500. The van der Waals surface area contributed by atoms with Crippen LogP contribution >= 0.6 is 27.5 Å². The first-order valence-electron chi connectivity index (χ1n) is 3.04. The molecule has 0 aliphatic carbocycles. The summed E-state index contributed by atoms with van der Waals surface area (Å²) < 4.78 is 0.314. The molecule has 1 aromatic rings. The van der Waals surface area contributed by atoms with Crippen molar-refractivity contribution in [3.05, 3.63) is 32.4 Å². The molecule has 0 aromatic carbocycles. The van der Waals surface area contributed by atoms with E-state index in [-0.39, 0.29) is 10.7 Å². The summed E-state index contributed by atoms with van der Waals surface area (Å²) in [5.41, 5.74) is 0.116. The molecule has 1 aromatic heterocycles. The first-order valence-corrected chi connectivity index (χ1v) is 4.21. The summed E-state index contributed by atoms with van der Waals surface area (Å²) >= 11 is 8.54. The highest BCUT2D eigenvalue weighted by Crippen LogP contribution is 2.23. The minimum atomic E-state index is -1.03. The van der Waals surface area contributed by atoms with Crippen LogP contribution in [0.15, 0.2) is 22.1 Å². The Kier molecular flexibility index (Phi) is 5.73. The van der Waals surface area contributed by atoms with Gasteiger partial charge in [0.05, 0.1) is 10.0 Å². The van der Waals surface area contributed by atoms with Crippen molar-refractivity contribution in [2.45, 2.75) is 0 Å². The Morgan fingerprint density at radius 2 is 2.14 bits per heavy atom. The molecule has 1 heterocycles. The van der Waals surface area contributed by atoms with Crippen molar-refractivity contribution < 1.29 is 15.1 Å². The number of aromatic carboxylic acids is 1. The van der Waals surface area contributed by atoms with Crippen molar-refractivity contribution in [1.82, 2.24) is 4.98 Å². The Hall–Kier alpha value is -1.21. The quantitative estimate of drug-likeness (QED) is 0.468. The molecule has 1 rings (SSSR count). The van der Waals surface area contributed by atoms with Crippen LogP contribution in [0.5, 0.6) is 0 Å². The summed E-state index contributed by atoms with van der Waals surface area (Å²) in [5.74, 6) is -1.03. The molecule has 0 radical (unpaired) electrons. The van der Waals surface area contributed by atoms with Gasteiger partial charge in [-0.25, -0.2) is 9.78 Å². The lowest BCUT2D eigenvalue weighted by Crippen LogP contribution is -1.98. The van der Waals surface area contributed by atoms with E-state index >= 15 is 0 Å². The average molecular weight is 283 g/mol. The first kappa shape index (κ1) is 12.8. The van der Waals surface area contributed by atoms with Gasteiger partial charge in [0, 0.05) is 6.20 Å². The van der Waals surface area contributed by atoms with Crippen molar-refractivity contribution in [3.8, 4) is 0 Å². The van der Waals surface area contributed by atoms with Crippen LogP contribution in [0.25, 0.3) is 0 Å². The Bertz CT molecular complexity index is 347. The molecule has 0 unspecified atom stereocenters. The zero-order chi connectivity index (χ0) is 11.1. The number of pyridine rings is 1. The van der Waals surface area contributed by atoms with Gasteiger partial charge in [-0.15, -0.1) is 4.91 Å². The molecule has 0 amide bonds. The number of carboxylic acid groups (broad SMARTS) is 1. The van der Waals surface area contributed by atoms with Gasteiger partial charge in [-0.3, -0.25) is 0 Å². The third-order valence-corrected chi connectivity index (χ3v) is 2.39. The lowest BCUT2D eigenvalue weighted by molar-refractivity contribution is 0.0695. The van der Waals surface area contributed by atoms with E-state index in [2.05, 4.69) is 20.9 Å². The summed E-state index contributed by atoms with van der Waals surface area (Å²) in [4.78, 5) is 22.2. The number of nitrogens with zero attached hydrogens (tertiary/aromatic N) is 2. The van der Waals surface area contributed by atoms with Crippen LogP contribution in [0.2, 0.25) is 5.15 Å². The summed E-state index contributed by atoms with van der Waals surface area (Å²) in [7, 11) is 0. The van der Waals surface area contributed by atoms with Gasteiger partial charge in [-0.05, 0) is 22.0 Å².